The lowest BCUT2D eigenvalue weighted by molar-refractivity contribution is -0.160. The number of aliphatic carboxylic acids is 1. The van der Waals surface area contributed by atoms with Gasteiger partial charge in [0.15, 0.2) is 6.10 Å². The predicted octanol–water partition coefficient (Wildman–Crippen LogP) is 5.75. The van der Waals surface area contributed by atoms with Crippen LogP contribution in [0.3, 0.4) is 0 Å². The Kier molecular flexibility index (Phi) is 6.13. The van der Waals surface area contributed by atoms with E-state index in [1.807, 2.05) is 51.3 Å². The highest BCUT2D eigenvalue weighted by Gasteiger charge is 2.33. The van der Waals surface area contributed by atoms with Crippen molar-refractivity contribution >= 4 is 28.6 Å². The van der Waals surface area contributed by atoms with Crippen LogP contribution >= 0.6 is 11.6 Å². The van der Waals surface area contributed by atoms with Crippen LogP contribution in [0, 0.1) is 32.1 Å². The maximum Gasteiger partial charge on any atom is 0.337 e. The van der Waals surface area contributed by atoms with Crippen molar-refractivity contribution in [2.24, 2.45) is 0 Å². The largest absolute Gasteiger partial charge is 0.479 e. The van der Waals surface area contributed by atoms with Gasteiger partial charge in [-0.15, -0.1) is 0 Å². The number of aryl methyl sites for hydroxylation is 2. The second kappa shape index (κ2) is 8.33. The average Bonchev–Trinajstić information content (AvgIpc) is 2.90. The molecule has 0 saturated carbocycles. The predicted molar refractivity (Wildman–Crippen MR) is 121 cm³/mol. The maximum absolute atomic E-state index is 12.3. The number of aromatic nitrogens is 2. The van der Waals surface area contributed by atoms with Crippen LogP contribution in [-0.4, -0.2) is 26.2 Å². The van der Waals surface area contributed by atoms with Crippen molar-refractivity contribution in [3.63, 3.8) is 0 Å². The van der Waals surface area contributed by atoms with Crippen LogP contribution in [0.25, 0.3) is 22.2 Å². The average molecular weight is 440 g/mol. The van der Waals surface area contributed by atoms with Gasteiger partial charge in [0.2, 0.25) is 0 Å². The van der Waals surface area contributed by atoms with E-state index >= 15 is 0 Å². The van der Waals surface area contributed by atoms with Gasteiger partial charge in [-0.05, 0) is 64.8 Å². The second-order valence-corrected chi connectivity index (χ2v) is 9.03. The normalized spacial score (nSPS) is 12.7. The van der Waals surface area contributed by atoms with Gasteiger partial charge in [0.1, 0.15) is 12.2 Å². The first-order valence-electron chi connectivity index (χ1n) is 9.99. The molecule has 1 unspecified atom stereocenters. The molecular formula is C24H26ClN3O3. The van der Waals surface area contributed by atoms with E-state index in [2.05, 4.69) is 6.07 Å². The number of benzene rings is 1. The number of halogens is 1. The molecule has 162 valence electrons. The molecule has 3 rings (SSSR count). The fraction of sp³-hybridized carbons (Fsp3) is 0.375. The van der Waals surface area contributed by atoms with E-state index < -0.39 is 17.7 Å². The lowest BCUT2D eigenvalue weighted by atomic mass is 9.91. The summed E-state index contributed by atoms with van der Waals surface area (Å²) < 4.78 is 7.86. The SMILES string of the molecule is Cc1nc2c(c(C)c(C)n2CC#N)c(-c2ccc(Cl)cc2)c1C(OC(C)(C)C)C(=O)O. The Morgan fingerprint density at radius 1 is 1.26 bits per heavy atom. The van der Waals surface area contributed by atoms with Crippen LogP contribution in [0.1, 0.15) is 49.4 Å². The van der Waals surface area contributed by atoms with E-state index in [1.165, 1.54) is 0 Å². The number of rotatable bonds is 5. The molecule has 0 aliphatic rings. The summed E-state index contributed by atoms with van der Waals surface area (Å²) >= 11 is 6.12. The van der Waals surface area contributed by atoms with Crippen LogP contribution in [0.5, 0.6) is 0 Å². The quantitative estimate of drug-likeness (QED) is 0.547. The number of nitriles is 1. The number of carboxylic acids is 1. The van der Waals surface area contributed by atoms with Gasteiger partial charge in [0.25, 0.3) is 0 Å². The summed E-state index contributed by atoms with van der Waals surface area (Å²) in [5.74, 6) is -1.08. The molecule has 7 heteroatoms. The van der Waals surface area contributed by atoms with Crippen molar-refractivity contribution in [1.82, 2.24) is 9.55 Å². The number of fused-ring (bicyclic) bond motifs is 1. The number of carboxylic acid groups (broad SMARTS) is 1. The molecule has 6 nitrogen and oxygen atoms in total. The summed E-state index contributed by atoms with van der Waals surface area (Å²) in [4.78, 5) is 17.1. The Hall–Kier alpha value is -2.88. The fourth-order valence-electron chi connectivity index (χ4n) is 3.88. The molecule has 0 aliphatic carbocycles. The van der Waals surface area contributed by atoms with E-state index in [-0.39, 0.29) is 6.54 Å². The van der Waals surface area contributed by atoms with Gasteiger partial charge in [-0.3, -0.25) is 0 Å². The van der Waals surface area contributed by atoms with E-state index in [4.69, 9.17) is 21.3 Å². The van der Waals surface area contributed by atoms with E-state index in [9.17, 15) is 15.2 Å². The number of nitrogens with zero attached hydrogens (tertiary/aromatic N) is 3. The molecule has 0 aliphatic heterocycles. The van der Waals surface area contributed by atoms with Gasteiger partial charge < -0.3 is 14.4 Å². The Bertz CT molecular complexity index is 1200. The van der Waals surface area contributed by atoms with Crippen molar-refractivity contribution in [1.29, 1.82) is 5.26 Å². The number of ether oxygens (including phenoxy) is 1. The second-order valence-electron chi connectivity index (χ2n) is 8.59. The van der Waals surface area contributed by atoms with Crippen LogP contribution in [-0.2, 0) is 16.1 Å². The third-order valence-corrected chi connectivity index (χ3v) is 5.56. The van der Waals surface area contributed by atoms with Gasteiger partial charge in [-0.2, -0.15) is 5.26 Å². The summed E-state index contributed by atoms with van der Waals surface area (Å²) in [6.45, 7) is 11.3. The zero-order valence-electron chi connectivity index (χ0n) is 18.6. The van der Waals surface area contributed by atoms with Crippen molar-refractivity contribution in [2.45, 2.75) is 59.8 Å². The van der Waals surface area contributed by atoms with Crippen molar-refractivity contribution in [3.8, 4) is 17.2 Å². The van der Waals surface area contributed by atoms with Crippen molar-refractivity contribution in [2.75, 3.05) is 0 Å². The smallest absolute Gasteiger partial charge is 0.337 e. The minimum atomic E-state index is -1.21. The van der Waals surface area contributed by atoms with Crippen molar-refractivity contribution in [3.05, 3.63) is 51.8 Å². The molecule has 1 atom stereocenters. The molecule has 0 fully saturated rings. The highest BCUT2D eigenvalue weighted by molar-refractivity contribution is 6.30. The Morgan fingerprint density at radius 2 is 1.87 bits per heavy atom. The molecule has 0 radical (unpaired) electrons. The molecule has 0 bridgehead atoms. The summed E-state index contributed by atoms with van der Waals surface area (Å²) in [5, 5.41) is 20.8. The van der Waals surface area contributed by atoms with Gasteiger partial charge in [-0.1, -0.05) is 23.7 Å². The van der Waals surface area contributed by atoms with Gasteiger partial charge in [-0.25, -0.2) is 9.78 Å². The first kappa shape index (κ1) is 22.8. The van der Waals surface area contributed by atoms with E-state index in [0.29, 0.717) is 21.9 Å². The first-order valence-corrected chi connectivity index (χ1v) is 10.4. The van der Waals surface area contributed by atoms with Crippen LogP contribution in [0.2, 0.25) is 5.02 Å². The van der Waals surface area contributed by atoms with Gasteiger partial charge in [0, 0.05) is 32.9 Å². The molecule has 1 N–H and O–H groups in total. The van der Waals surface area contributed by atoms with Crippen LogP contribution < -0.4 is 0 Å². The fourth-order valence-corrected chi connectivity index (χ4v) is 4.01. The third kappa shape index (κ3) is 4.30. The molecule has 0 spiro atoms. The number of carbonyl (C=O) groups is 1. The number of pyridine rings is 1. The van der Waals surface area contributed by atoms with Crippen molar-refractivity contribution < 1.29 is 14.6 Å². The van der Waals surface area contributed by atoms with E-state index in [0.717, 1.165) is 27.8 Å². The number of hydrogen-bond acceptors (Lipinski definition) is 4. The minimum Gasteiger partial charge on any atom is -0.479 e. The Labute approximate surface area is 187 Å². The van der Waals surface area contributed by atoms with Crippen LogP contribution in [0.15, 0.2) is 24.3 Å². The molecule has 1 aromatic carbocycles. The lowest BCUT2D eigenvalue weighted by Crippen LogP contribution is -2.28. The molecule has 3 aromatic rings. The summed E-state index contributed by atoms with van der Waals surface area (Å²) in [6, 6.07) is 9.47. The van der Waals surface area contributed by atoms with Gasteiger partial charge >= 0.3 is 5.97 Å². The molecular weight excluding hydrogens is 414 g/mol. The highest BCUT2D eigenvalue weighted by atomic mass is 35.5. The molecule has 2 heterocycles. The Morgan fingerprint density at radius 3 is 2.39 bits per heavy atom. The standard InChI is InChI=1S/C24H26ClN3O3/c1-13-15(3)28(12-11-26)22-18(13)20(16-7-9-17(25)10-8-16)19(14(2)27-22)21(23(29)30)31-24(4,5)6/h7-10,21H,12H2,1-6H3,(H,29,30). The zero-order chi connectivity index (χ0) is 23.1. The summed E-state index contributed by atoms with van der Waals surface area (Å²) in [7, 11) is 0. The van der Waals surface area contributed by atoms with Crippen LogP contribution in [0.4, 0.5) is 0 Å². The maximum atomic E-state index is 12.3. The molecule has 0 saturated heterocycles. The number of hydrogen-bond donors (Lipinski definition) is 1. The lowest BCUT2D eigenvalue weighted by Gasteiger charge is -2.28. The monoisotopic (exact) mass is 439 g/mol. The minimum absolute atomic E-state index is 0.156. The molecule has 31 heavy (non-hydrogen) atoms. The zero-order valence-corrected chi connectivity index (χ0v) is 19.3. The molecule has 2 aromatic heterocycles. The third-order valence-electron chi connectivity index (χ3n) is 5.30. The highest BCUT2D eigenvalue weighted by Crippen LogP contribution is 2.42. The summed E-state index contributed by atoms with van der Waals surface area (Å²) in [6.07, 6.45) is -1.21. The van der Waals surface area contributed by atoms with Gasteiger partial charge in [0.05, 0.1) is 11.7 Å². The Balaban J connectivity index is 2.50. The topological polar surface area (TPSA) is 88.1 Å². The molecule has 0 amide bonds. The van der Waals surface area contributed by atoms with E-state index in [1.54, 1.807) is 19.1 Å². The summed E-state index contributed by atoms with van der Waals surface area (Å²) in [5.41, 5.74) is 4.45. The first-order chi connectivity index (χ1) is 14.5.